The smallest absolute Gasteiger partial charge is 0.239 e. The Morgan fingerprint density at radius 2 is 1.96 bits per heavy atom. The number of hydrogen-bond acceptors (Lipinski definition) is 3. The Hall–Kier alpha value is -2.14. The molecule has 0 heterocycles. The van der Waals surface area contributed by atoms with Gasteiger partial charge in [-0.2, -0.15) is 0 Å². The second-order valence-electron chi connectivity index (χ2n) is 5.24. The van der Waals surface area contributed by atoms with E-state index in [1.807, 2.05) is 36.4 Å². The molecule has 0 aliphatic carbocycles. The number of nitrogens with zero attached hydrogens (tertiary/aromatic N) is 1. The van der Waals surface area contributed by atoms with Crippen LogP contribution >= 0.6 is 0 Å². The molecule has 2 N–H and O–H groups in total. The van der Waals surface area contributed by atoms with Gasteiger partial charge in [0.1, 0.15) is 0 Å². The Balaban J connectivity index is 2.42. The van der Waals surface area contributed by atoms with Crippen molar-refractivity contribution in [1.82, 2.24) is 10.2 Å². The molecule has 1 aromatic rings. The van der Waals surface area contributed by atoms with Gasteiger partial charge in [-0.1, -0.05) is 49.4 Å². The molecule has 0 saturated heterocycles. The fourth-order valence-electron chi connectivity index (χ4n) is 2.13. The Kier molecular flexibility index (Phi) is 9.40. The zero-order chi connectivity index (χ0) is 16.9. The van der Waals surface area contributed by atoms with Crippen LogP contribution in [0.3, 0.4) is 0 Å². The summed E-state index contributed by atoms with van der Waals surface area (Å²) in [5, 5.41) is 11.4. The monoisotopic (exact) mass is 318 g/mol. The number of carbonyl (C=O) groups excluding carboxylic acids is 2. The Morgan fingerprint density at radius 1 is 1.22 bits per heavy atom. The van der Waals surface area contributed by atoms with Crippen LogP contribution in [-0.4, -0.2) is 41.5 Å². The molecular weight excluding hydrogens is 292 g/mol. The molecule has 2 amide bonds. The zero-order valence-corrected chi connectivity index (χ0v) is 13.7. The number of hydrogen-bond donors (Lipinski definition) is 2. The van der Waals surface area contributed by atoms with Gasteiger partial charge in [0.15, 0.2) is 0 Å². The summed E-state index contributed by atoms with van der Waals surface area (Å²) in [6.45, 7) is 2.92. The van der Waals surface area contributed by atoms with Gasteiger partial charge in [-0.25, -0.2) is 0 Å². The fraction of sp³-hybridized carbons (Fsp3) is 0.444. The van der Waals surface area contributed by atoms with Gasteiger partial charge >= 0.3 is 0 Å². The molecule has 1 rings (SSSR count). The van der Waals surface area contributed by atoms with Crippen molar-refractivity contribution in [3.8, 4) is 0 Å². The molecular formula is C18H26N2O3. The van der Waals surface area contributed by atoms with Crippen LogP contribution < -0.4 is 5.32 Å². The molecule has 0 atom stereocenters. The third-order valence-electron chi connectivity index (χ3n) is 3.35. The molecule has 0 spiro atoms. The fourth-order valence-corrected chi connectivity index (χ4v) is 2.13. The summed E-state index contributed by atoms with van der Waals surface area (Å²) >= 11 is 0. The second kappa shape index (κ2) is 11.4. The first-order valence-corrected chi connectivity index (χ1v) is 8.01. The quantitative estimate of drug-likeness (QED) is 0.511. The number of allylic oxidation sites excluding steroid dienone is 1. The van der Waals surface area contributed by atoms with E-state index >= 15 is 0 Å². The van der Waals surface area contributed by atoms with Crippen molar-refractivity contribution in [2.75, 3.05) is 19.7 Å². The van der Waals surface area contributed by atoms with Crippen LogP contribution in [0, 0.1) is 0 Å². The lowest BCUT2D eigenvalue weighted by Crippen LogP contribution is -2.40. The molecule has 23 heavy (non-hydrogen) atoms. The summed E-state index contributed by atoms with van der Waals surface area (Å²) in [5.74, 6) is -0.177. The summed E-state index contributed by atoms with van der Waals surface area (Å²) < 4.78 is 0. The molecule has 5 heteroatoms. The van der Waals surface area contributed by atoms with Gasteiger partial charge in [-0.05, 0) is 18.4 Å². The molecule has 0 fully saturated rings. The van der Waals surface area contributed by atoms with E-state index in [9.17, 15) is 9.59 Å². The third-order valence-corrected chi connectivity index (χ3v) is 3.35. The second-order valence-corrected chi connectivity index (χ2v) is 5.24. The van der Waals surface area contributed by atoms with E-state index in [1.54, 1.807) is 17.9 Å². The van der Waals surface area contributed by atoms with E-state index in [1.165, 1.54) is 0 Å². The van der Waals surface area contributed by atoms with Crippen molar-refractivity contribution in [1.29, 1.82) is 0 Å². The average molecular weight is 318 g/mol. The minimum atomic E-state index is -0.145. The molecule has 0 aliphatic rings. The van der Waals surface area contributed by atoms with Crippen LogP contribution in [0.1, 0.15) is 31.7 Å². The lowest BCUT2D eigenvalue weighted by atomic mass is 10.2. The summed E-state index contributed by atoms with van der Waals surface area (Å²) in [6, 6.07) is 9.66. The maximum atomic E-state index is 12.0. The first-order chi connectivity index (χ1) is 11.2. The van der Waals surface area contributed by atoms with Gasteiger partial charge in [-0.15, -0.1) is 0 Å². The third kappa shape index (κ3) is 8.16. The lowest BCUT2D eigenvalue weighted by Gasteiger charge is -2.22. The van der Waals surface area contributed by atoms with E-state index < -0.39 is 0 Å². The van der Waals surface area contributed by atoms with Crippen LogP contribution in [0.15, 0.2) is 42.5 Å². The van der Waals surface area contributed by atoms with Crippen molar-refractivity contribution in [3.63, 3.8) is 0 Å². The van der Waals surface area contributed by atoms with Gasteiger partial charge in [0, 0.05) is 19.5 Å². The van der Waals surface area contributed by atoms with E-state index in [2.05, 4.69) is 5.32 Å². The first-order valence-electron chi connectivity index (χ1n) is 8.01. The maximum Gasteiger partial charge on any atom is 0.239 e. The van der Waals surface area contributed by atoms with E-state index in [0.717, 1.165) is 18.4 Å². The highest BCUT2D eigenvalue weighted by atomic mass is 16.2. The molecule has 0 bridgehead atoms. The molecule has 5 nitrogen and oxygen atoms in total. The Labute approximate surface area is 138 Å². The number of unbranched alkanes of at least 4 members (excludes halogenated alkanes) is 1. The minimum absolute atomic E-state index is 0.0325. The predicted molar refractivity (Wildman–Crippen MR) is 90.6 cm³/mol. The lowest BCUT2D eigenvalue weighted by molar-refractivity contribution is -0.136. The van der Waals surface area contributed by atoms with Crippen LogP contribution in [0.2, 0.25) is 0 Å². The van der Waals surface area contributed by atoms with Gasteiger partial charge < -0.3 is 15.3 Å². The summed E-state index contributed by atoms with van der Waals surface area (Å²) in [7, 11) is 0. The van der Waals surface area contributed by atoms with E-state index in [0.29, 0.717) is 19.5 Å². The Morgan fingerprint density at radius 3 is 2.61 bits per heavy atom. The topological polar surface area (TPSA) is 69.6 Å². The SMILES string of the molecule is CCC(=O)N(CC(=O)NCCC/C=C/CO)Cc1ccccc1. The highest BCUT2D eigenvalue weighted by molar-refractivity contribution is 5.84. The normalized spacial score (nSPS) is 10.7. The zero-order valence-electron chi connectivity index (χ0n) is 13.7. The predicted octanol–water partition coefficient (Wildman–Crippen LogP) is 1.87. The highest BCUT2D eigenvalue weighted by Gasteiger charge is 2.15. The number of aliphatic hydroxyl groups is 1. The number of aliphatic hydroxyl groups excluding tert-OH is 1. The maximum absolute atomic E-state index is 12.0. The largest absolute Gasteiger partial charge is 0.392 e. The minimum Gasteiger partial charge on any atom is -0.392 e. The summed E-state index contributed by atoms with van der Waals surface area (Å²) in [6.07, 6.45) is 5.56. The number of benzene rings is 1. The number of carbonyl (C=O) groups is 2. The van der Waals surface area contributed by atoms with Crippen molar-refractivity contribution < 1.29 is 14.7 Å². The van der Waals surface area contributed by atoms with Crippen molar-refractivity contribution in [2.45, 2.75) is 32.7 Å². The van der Waals surface area contributed by atoms with Gasteiger partial charge in [-0.3, -0.25) is 9.59 Å². The molecule has 126 valence electrons. The average Bonchev–Trinajstić information content (AvgIpc) is 2.57. The number of amides is 2. The van der Waals surface area contributed by atoms with Crippen LogP contribution in [-0.2, 0) is 16.1 Å². The molecule has 0 aromatic heterocycles. The molecule has 0 radical (unpaired) electrons. The molecule has 0 saturated carbocycles. The Bertz CT molecular complexity index is 500. The van der Waals surface area contributed by atoms with Gasteiger partial charge in [0.2, 0.25) is 11.8 Å². The molecule has 1 aromatic carbocycles. The highest BCUT2D eigenvalue weighted by Crippen LogP contribution is 2.06. The standard InChI is InChI=1S/C18H26N2O3/c1-2-18(23)20(14-16-10-6-5-7-11-16)15-17(22)19-12-8-3-4-9-13-21/h4-7,9-11,21H,2-3,8,12-15H2,1H3,(H,19,22)/b9-4+. The van der Waals surface area contributed by atoms with E-state index in [-0.39, 0.29) is 25.0 Å². The summed E-state index contributed by atoms with van der Waals surface area (Å²) in [5.41, 5.74) is 1.01. The van der Waals surface area contributed by atoms with Gasteiger partial charge in [0.05, 0.1) is 13.2 Å². The van der Waals surface area contributed by atoms with E-state index in [4.69, 9.17) is 5.11 Å². The van der Waals surface area contributed by atoms with Crippen LogP contribution in [0.25, 0.3) is 0 Å². The van der Waals surface area contributed by atoms with Crippen LogP contribution in [0.5, 0.6) is 0 Å². The first kappa shape index (κ1) is 18.9. The number of nitrogens with one attached hydrogen (secondary N) is 1. The number of rotatable bonds is 10. The van der Waals surface area contributed by atoms with Crippen LogP contribution in [0.4, 0.5) is 0 Å². The van der Waals surface area contributed by atoms with Crippen molar-refractivity contribution in [3.05, 3.63) is 48.0 Å². The summed E-state index contributed by atoms with van der Waals surface area (Å²) in [4.78, 5) is 25.6. The van der Waals surface area contributed by atoms with Gasteiger partial charge in [0.25, 0.3) is 0 Å². The van der Waals surface area contributed by atoms with Crippen molar-refractivity contribution >= 4 is 11.8 Å². The molecule has 0 aliphatic heterocycles. The molecule has 0 unspecified atom stereocenters. The van der Waals surface area contributed by atoms with Crippen molar-refractivity contribution in [2.24, 2.45) is 0 Å².